The van der Waals surface area contributed by atoms with Crippen LogP contribution in [-0.4, -0.2) is 16.1 Å². The van der Waals surface area contributed by atoms with Crippen LogP contribution in [0.1, 0.15) is 25.7 Å². The average Bonchev–Trinajstić information content (AvgIpc) is 3.39. The molecular weight excluding hydrogens is 342 g/mol. The maximum Gasteiger partial charge on any atom is 0.227 e. The molecule has 1 aliphatic rings. The van der Waals surface area contributed by atoms with E-state index in [2.05, 4.69) is 45.8 Å². The third-order valence-electron chi connectivity index (χ3n) is 5.22. The van der Waals surface area contributed by atoms with Crippen molar-refractivity contribution in [2.24, 2.45) is 5.92 Å². The van der Waals surface area contributed by atoms with Crippen molar-refractivity contribution in [1.29, 1.82) is 0 Å². The predicted molar refractivity (Wildman–Crippen MR) is 108 cm³/mol. The molecular formula is C21H19N3OS. The number of thiophene rings is 1. The molecule has 0 atom stereocenters. The molecule has 0 radical (unpaired) electrons. The number of aromatic nitrogens is 2. The first kappa shape index (κ1) is 15.6. The zero-order chi connectivity index (χ0) is 17.5. The Morgan fingerprint density at radius 3 is 2.81 bits per heavy atom. The number of aromatic amines is 1. The third-order valence-corrected chi connectivity index (χ3v) is 6.34. The predicted octanol–water partition coefficient (Wildman–Crippen LogP) is 5.57. The molecule has 2 N–H and O–H groups in total. The molecule has 0 aliphatic heterocycles. The van der Waals surface area contributed by atoms with Crippen LogP contribution in [0.2, 0.25) is 0 Å². The number of carbonyl (C=O) groups is 1. The second-order valence-corrected chi connectivity index (χ2v) is 8.04. The lowest BCUT2D eigenvalue weighted by Crippen LogP contribution is -2.20. The molecule has 130 valence electrons. The summed E-state index contributed by atoms with van der Waals surface area (Å²) in [7, 11) is 0. The highest BCUT2D eigenvalue weighted by Crippen LogP contribution is 2.36. The van der Waals surface area contributed by atoms with Crippen molar-refractivity contribution in [3.63, 3.8) is 0 Å². The van der Waals surface area contributed by atoms with Crippen molar-refractivity contribution in [3.8, 4) is 10.6 Å². The Kier molecular flexibility index (Phi) is 3.75. The second-order valence-electron chi connectivity index (χ2n) is 6.95. The molecule has 2 heterocycles. The van der Waals surface area contributed by atoms with Crippen LogP contribution in [0.15, 0.2) is 48.5 Å². The van der Waals surface area contributed by atoms with Gasteiger partial charge in [-0.2, -0.15) is 5.10 Å². The molecule has 1 saturated carbocycles. The van der Waals surface area contributed by atoms with Gasteiger partial charge in [0, 0.05) is 21.7 Å². The number of amides is 1. The fourth-order valence-corrected chi connectivity index (χ4v) is 4.88. The van der Waals surface area contributed by atoms with Crippen LogP contribution in [0.4, 0.5) is 5.69 Å². The Bertz CT molecular complexity index is 1070. The minimum absolute atomic E-state index is 0.147. The van der Waals surface area contributed by atoms with Crippen molar-refractivity contribution in [1.82, 2.24) is 10.2 Å². The summed E-state index contributed by atoms with van der Waals surface area (Å²) < 4.78 is 1.25. The van der Waals surface area contributed by atoms with E-state index in [9.17, 15) is 4.79 Å². The van der Waals surface area contributed by atoms with Gasteiger partial charge in [-0.15, -0.1) is 11.3 Å². The van der Waals surface area contributed by atoms with E-state index < -0.39 is 0 Å². The Hall–Kier alpha value is -2.66. The van der Waals surface area contributed by atoms with Gasteiger partial charge < -0.3 is 5.32 Å². The molecule has 2 aromatic heterocycles. The van der Waals surface area contributed by atoms with E-state index in [0.29, 0.717) is 0 Å². The van der Waals surface area contributed by atoms with Crippen LogP contribution < -0.4 is 5.32 Å². The van der Waals surface area contributed by atoms with E-state index in [1.807, 2.05) is 18.2 Å². The molecule has 1 fully saturated rings. The average molecular weight is 361 g/mol. The van der Waals surface area contributed by atoms with Crippen LogP contribution in [0.3, 0.4) is 0 Å². The highest BCUT2D eigenvalue weighted by atomic mass is 32.1. The summed E-state index contributed by atoms with van der Waals surface area (Å²) in [5.74, 6) is 0.311. The summed E-state index contributed by atoms with van der Waals surface area (Å²) in [5.41, 5.74) is 2.77. The summed E-state index contributed by atoms with van der Waals surface area (Å²) in [6.45, 7) is 0. The fraction of sp³-hybridized carbons (Fsp3) is 0.238. The monoisotopic (exact) mass is 361 g/mol. The van der Waals surface area contributed by atoms with E-state index in [1.165, 1.54) is 10.1 Å². The zero-order valence-corrected chi connectivity index (χ0v) is 15.1. The van der Waals surface area contributed by atoms with Crippen LogP contribution >= 0.6 is 11.3 Å². The van der Waals surface area contributed by atoms with Gasteiger partial charge >= 0.3 is 0 Å². The lowest BCUT2D eigenvalue weighted by molar-refractivity contribution is -0.119. The number of hydrogen-bond donors (Lipinski definition) is 2. The van der Waals surface area contributed by atoms with E-state index in [0.717, 1.165) is 52.8 Å². The van der Waals surface area contributed by atoms with Gasteiger partial charge in [-0.05, 0) is 48.6 Å². The number of nitrogens with zero attached hydrogens (tertiary/aromatic N) is 1. The van der Waals surface area contributed by atoms with Crippen molar-refractivity contribution >= 4 is 43.9 Å². The highest BCUT2D eigenvalue weighted by Gasteiger charge is 2.22. The first-order valence-electron chi connectivity index (χ1n) is 9.06. The lowest BCUT2D eigenvalue weighted by atomic mass is 10.1. The Morgan fingerprint density at radius 2 is 1.96 bits per heavy atom. The van der Waals surface area contributed by atoms with Crippen LogP contribution in [0.25, 0.3) is 31.6 Å². The largest absolute Gasteiger partial charge is 0.326 e. The van der Waals surface area contributed by atoms with Crippen LogP contribution in [-0.2, 0) is 4.79 Å². The topological polar surface area (TPSA) is 57.8 Å². The molecule has 0 saturated heterocycles. The van der Waals surface area contributed by atoms with Crippen molar-refractivity contribution < 1.29 is 4.79 Å². The SMILES string of the molecule is O=C(Nc1ccc2[nH]nc(-c3cc4ccccc4s3)c2c1)C1CCCC1. The van der Waals surface area contributed by atoms with Crippen molar-refractivity contribution in [2.75, 3.05) is 5.32 Å². The minimum Gasteiger partial charge on any atom is -0.326 e. The molecule has 5 rings (SSSR count). The molecule has 0 spiro atoms. The molecule has 0 bridgehead atoms. The van der Waals surface area contributed by atoms with Gasteiger partial charge in [-0.1, -0.05) is 31.0 Å². The molecule has 4 aromatic rings. The molecule has 2 aromatic carbocycles. The highest BCUT2D eigenvalue weighted by molar-refractivity contribution is 7.22. The van der Waals surface area contributed by atoms with Crippen molar-refractivity contribution in [3.05, 3.63) is 48.5 Å². The first-order valence-corrected chi connectivity index (χ1v) is 9.87. The van der Waals surface area contributed by atoms with Gasteiger partial charge in [0.15, 0.2) is 0 Å². The summed E-state index contributed by atoms with van der Waals surface area (Å²) in [5, 5.41) is 13.0. The fourth-order valence-electron chi connectivity index (χ4n) is 3.81. The Labute approximate surface area is 155 Å². The van der Waals surface area contributed by atoms with Gasteiger partial charge in [-0.25, -0.2) is 0 Å². The normalized spacial score (nSPS) is 15.1. The van der Waals surface area contributed by atoms with Crippen LogP contribution in [0.5, 0.6) is 0 Å². The zero-order valence-electron chi connectivity index (χ0n) is 14.3. The summed E-state index contributed by atoms with van der Waals surface area (Å²) in [6, 6.07) is 16.5. The summed E-state index contributed by atoms with van der Waals surface area (Å²) in [4.78, 5) is 13.6. The number of benzene rings is 2. The molecule has 4 nitrogen and oxygen atoms in total. The van der Waals surface area contributed by atoms with E-state index >= 15 is 0 Å². The first-order chi connectivity index (χ1) is 12.8. The number of carbonyl (C=O) groups excluding carboxylic acids is 1. The second kappa shape index (κ2) is 6.25. The minimum atomic E-state index is 0.147. The number of H-pyrrole nitrogens is 1. The third kappa shape index (κ3) is 2.69. The number of rotatable bonds is 3. The van der Waals surface area contributed by atoms with Crippen LogP contribution in [0, 0.1) is 5.92 Å². The lowest BCUT2D eigenvalue weighted by Gasteiger charge is -2.10. The smallest absolute Gasteiger partial charge is 0.227 e. The standard InChI is InChI=1S/C21H19N3OS/c25-21(13-5-1-2-6-13)22-15-9-10-17-16(12-15)20(24-23-17)19-11-14-7-3-4-8-18(14)26-19/h3-4,7-13H,1-2,5-6H2,(H,22,25)(H,23,24). The number of fused-ring (bicyclic) bond motifs is 2. The molecule has 1 amide bonds. The molecule has 5 heteroatoms. The maximum absolute atomic E-state index is 12.4. The van der Waals surface area contributed by atoms with Gasteiger partial charge in [0.1, 0.15) is 5.69 Å². The quantitative estimate of drug-likeness (QED) is 0.501. The Balaban J connectivity index is 1.51. The van der Waals surface area contributed by atoms with E-state index in [4.69, 9.17) is 0 Å². The van der Waals surface area contributed by atoms with Crippen molar-refractivity contribution in [2.45, 2.75) is 25.7 Å². The number of hydrogen-bond acceptors (Lipinski definition) is 3. The Morgan fingerprint density at radius 1 is 1.12 bits per heavy atom. The molecule has 26 heavy (non-hydrogen) atoms. The maximum atomic E-state index is 12.4. The summed E-state index contributed by atoms with van der Waals surface area (Å²) >= 11 is 1.74. The number of nitrogens with one attached hydrogen (secondary N) is 2. The molecule has 1 aliphatic carbocycles. The van der Waals surface area contributed by atoms with Gasteiger partial charge in [-0.3, -0.25) is 9.89 Å². The van der Waals surface area contributed by atoms with Gasteiger partial charge in [0.25, 0.3) is 0 Å². The van der Waals surface area contributed by atoms with Gasteiger partial charge in [0.05, 0.1) is 10.4 Å². The van der Waals surface area contributed by atoms with E-state index in [1.54, 1.807) is 11.3 Å². The number of anilines is 1. The summed E-state index contributed by atoms with van der Waals surface area (Å²) in [6.07, 6.45) is 4.34. The molecule has 0 unspecified atom stereocenters. The van der Waals surface area contributed by atoms with E-state index in [-0.39, 0.29) is 11.8 Å². The van der Waals surface area contributed by atoms with Gasteiger partial charge in [0.2, 0.25) is 5.91 Å².